The van der Waals surface area contributed by atoms with E-state index in [2.05, 4.69) is 15.9 Å². The van der Waals surface area contributed by atoms with Crippen molar-refractivity contribution in [1.29, 1.82) is 0 Å². The summed E-state index contributed by atoms with van der Waals surface area (Å²) in [5.74, 6) is 0.000648. The highest BCUT2D eigenvalue weighted by molar-refractivity contribution is 9.10. The second kappa shape index (κ2) is 3.47. The van der Waals surface area contributed by atoms with Crippen molar-refractivity contribution >= 4 is 33.0 Å². The van der Waals surface area contributed by atoms with Gasteiger partial charge in [0.2, 0.25) is 0 Å². The van der Waals surface area contributed by atoms with Crippen molar-refractivity contribution in [3.05, 3.63) is 20.8 Å². The Labute approximate surface area is 77.5 Å². The summed E-state index contributed by atoms with van der Waals surface area (Å²) < 4.78 is 0.937. The van der Waals surface area contributed by atoms with Gasteiger partial charge in [-0.15, -0.1) is 11.3 Å². The summed E-state index contributed by atoms with van der Waals surface area (Å²) in [6.07, 6.45) is 0. The molecule has 1 heterocycles. The molecule has 0 radical (unpaired) electrons. The lowest BCUT2D eigenvalue weighted by atomic mass is 10.2. The average molecular weight is 234 g/mol. The first-order valence-electron chi connectivity index (χ1n) is 3.15. The highest BCUT2D eigenvalue weighted by Crippen LogP contribution is 2.20. The number of thiophene rings is 1. The molecule has 1 rings (SSSR count). The topological polar surface area (TPSA) is 43.1 Å². The summed E-state index contributed by atoms with van der Waals surface area (Å²) in [5, 5.41) is 1.87. The quantitative estimate of drug-likeness (QED) is 0.795. The molecule has 1 unspecified atom stereocenters. The molecule has 0 aliphatic heterocycles. The Kier molecular flexibility index (Phi) is 2.81. The molecule has 1 aromatic rings. The van der Waals surface area contributed by atoms with Gasteiger partial charge in [-0.25, -0.2) is 0 Å². The molecule has 0 fully saturated rings. The Morgan fingerprint density at radius 1 is 1.82 bits per heavy atom. The van der Waals surface area contributed by atoms with Gasteiger partial charge in [0.25, 0.3) is 0 Å². The standard InChI is InChI=1S/C7H8BrNOS/c1-4(9)7(10)6-2-5(8)3-11-6/h2-4H,9H2,1H3. The molecule has 0 saturated heterocycles. The third-order valence-electron chi connectivity index (χ3n) is 1.22. The number of Topliss-reactive ketones (excluding diaryl/α,β-unsaturated/α-hetero) is 1. The fourth-order valence-corrected chi connectivity index (χ4v) is 2.13. The number of hydrogen-bond acceptors (Lipinski definition) is 3. The summed E-state index contributed by atoms with van der Waals surface area (Å²) >= 11 is 4.68. The number of nitrogens with two attached hydrogens (primary N) is 1. The van der Waals surface area contributed by atoms with Crippen LogP contribution in [0.25, 0.3) is 0 Å². The van der Waals surface area contributed by atoms with Gasteiger partial charge in [-0.05, 0) is 28.9 Å². The number of halogens is 1. The van der Waals surface area contributed by atoms with E-state index in [1.165, 1.54) is 11.3 Å². The van der Waals surface area contributed by atoms with Gasteiger partial charge in [-0.2, -0.15) is 0 Å². The maximum absolute atomic E-state index is 11.2. The van der Waals surface area contributed by atoms with Crippen LogP contribution in [0.2, 0.25) is 0 Å². The van der Waals surface area contributed by atoms with Crippen LogP contribution in [0.1, 0.15) is 16.6 Å². The molecule has 2 nitrogen and oxygen atoms in total. The lowest BCUT2D eigenvalue weighted by molar-refractivity contribution is 0.0972. The minimum absolute atomic E-state index is 0.000648. The number of carbonyl (C=O) groups is 1. The van der Waals surface area contributed by atoms with Gasteiger partial charge >= 0.3 is 0 Å². The van der Waals surface area contributed by atoms with E-state index in [-0.39, 0.29) is 5.78 Å². The van der Waals surface area contributed by atoms with Crippen molar-refractivity contribution in [2.75, 3.05) is 0 Å². The largest absolute Gasteiger partial charge is 0.321 e. The van der Waals surface area contributed by atoms with Gasteiger partial charge in [0.05, 0.1) is 10.9 Å². The molecule has 0 amide bonds. The molecule has 0 spiro atoms. The van der Waals surface area contributed by atoms with E-state index in [4.69, 9.17) is 5.73 Å². The van der Waals surface area contributed by atoms with Crippen LogP contribution in [0.3, 0.4) is 0 Å². The van der Waals surface area contributed by atoms with Crippen molar-refractivity contribution in [2.24, 2.45) is 5.73 Å². The Morgan fingerprint density at radius 3 is 2.82 bits per heavy atom. The normalized spacial score (nSPS) is 13.0. The Balaban J connectivity index is 2.85. The van der Waals surface area contributed by atoms with Gasteiger partial charge in [-0.3, -0.25) is 4.79 Å². The molecule has 2 N–H and O–H groups in total. The highest BCUT2D eigenvalue weighted by Gasteiger charge is 2.12. The number of carbonyl (C=O) groups excluding carboxylic acids is 1. The van der Waals surface area contributed by atoms with Crippen LogP contribution in [-0.2, 0) is 0 Å². The summed E-state index contributed by atoms with van der Waals surface area (Å²) in [4.78, 5) is 11.9. The first-order valence-corrected chi connectivity index (χ1v) is 4.82. The zero-order chi connectivity index (χ0) is 8.43. The van der Waals surface area contributed by atoms with Crippen molar-refractivity contribution < 1.29 is 4.79 Å². The van der Waals surface area contributed by atoms with Crippen LogP contribution in [0, 0.1) is 0 Å². The second-order valence-electron chi connectivity index (χ2n) is 2.28. The minimum atomic E-state index is -0.402. The monoisotopic (exact) mass is 233 g/mol. The highest BCUT2D eigenvalue weighted by atomic mass is 79.9. The molecule has 0 saturated carbocycles. The van der Waals surface area contributed by atoms with Gasteiger partial charge < -0.3 is 5.73 Å². The van der Waals surface area contributed by atoms with E-state index in [1.807, 2.05) is 5.38 Å². The lowest BCUT2D eigenvalue weighted by Gasteiger charge is -1.98. The van der Waals surface area contributed by atoms with Gasteiger partial charge in [0.15, 0.2) is 5.78 Å². The first-order chi connectivity index (χ1) is 5.11. The van der Waals surface area contributed by atoms with Gasteiger partial charge in [0.1, 0.15) is 0 Å². The number of ketones is 1. The fourth-order valence-electron chi connectivity index (χ4n) is 0.667. The molecule has 11 heavy (non-hydrogen) atoms. The number of hydrogen-bond donors (Lipinski definition) is 1. The van der Waals surface area contributed by atoms with E-state index in [0.717, 1.165) is 4.47 Å². The van der Waals surface area contributed by atoms with Crippen LogP contribution in [0.15, 0.2) is 15.9 Å². The predicted octanol–water partition coefficient (Wildman–Crippen LogP) is 2.04. The summed E-state index contributed by atoms with van der Waals surface area (Å²) in [6, 6.07) is 1.39. The summed E-state index contributed by atoms with van der Waals surface area (Å²) in [6.45, 7) is 1.69. The fraction of sp³-hybridized carbons (Fsp3) is 0.286. The third kappa shape index (κ3) is 2.12. The second-order valence-corrected chi connectivity index (χ2v) is 4.11. The lowest BCUT2D eigenvalue weighted by Crippen LogP contribution is -2.25. The zero-order valence-electron chi connectivity index (χ0n) is 6.00. The molecule has 1 aromatic heterocycles. The zero-order valence-corrected chi connectivity index (χ0v) is 8.41. The van der Waals surface area contributed by atoms with Crippen LogP contribution in [0.5, 0.6) is 0 Å². The predicted molar refractivity (Wildman–Crippen MR) is 50.0 cm³/mol. The first kappa shape index (κ1) is 8.90. The van der Waals surface area contributed by atoms with E-state index in [1.54, 1.807) is 13.0 Å². The number of rotatable bonds is 2. The molecule has 1 atom stereocenters. The maximum atomic E-state index is 11.2. The van der Waals surface area contributed by atoms with Crippen LogP contribution in [0.4, 0.5) is 0 Å². The maximum Gasteiger partial charge on any atom is 0.189 e. The summed E-state index contributed by atoms with van der Waals surface area (Å²) in [7, 11) is 0. The smallest absolute Gasteiger partial charge is 0.189 e. The van der Waals surface area contributed by atoms with E-state index >= 15 is 0 Å². The van der Waals surface area contributed by atoms with Crippen molar-refractivity contribution in [1.82, 2.24) is 0 Å². The van der Waals surface area contributed by atoms with Gasteiger partial charge in [-0.1, -0.05) is 0 Å². The summed E-state index contributed by atoms with van der Waals surface area (Å²) in [5.41, 5.74) is 5.42. The molecule has 0 aliphatic carbocycles. The van der Waals surface area contributed by atoms with E-state index < -0.39 is 6.04 Å². The van der Waals surface area contributed by atoms with Crippen molar-refractivity contribution in [2.45, 2.75) is 13.0 Å². The SMILES string of the molecule is CC(N)C(=O)c1cc(Br)cs1. The Bertz CT molecular complexity index is 269. The van der Waals surface area contributed by atoms with E-state index in [9.17, 15) is 4.79 Å². The van der Waals surface area contributed by atoms with Crippen LogP contribution in [-0.4, -0.2) is 11.8 Å². The Hall–Kier alpha value is -0.190. The molecular formula is C7H8BrNOS. The van der Waals surface area contributed by atoms with Crippen LogP contribution >= 0.6 is 27.3 Å². The molecule has 0 bridgehead atoms. The third-order valence-corrected chi connectivity index (χ3v) is 2.93. The van der Waals surface area contributed by atoms with E-state index in [0.29, 0.717) is 4.88 Å². The minimum Gasteiger partial charge on any atom is -0.321 e. The molecule has 0 aromatic carbocycles. The Morgan fingerprint density at radius 2 is 2.45 bits per heavy atom. The van der Waals surface area contributed by atoms with Crippen molar-refractivity contribution in [3.63, 3.8) is 0 Å². The molecule has 0 aliphatic rings. The molecule has 4 heteroatoms. The molecule has 60 valence electrons. The van der Waals surface area contributed by atoms with Gasteiger partial charge in [0, 0.05) is 9.85 Å². The van der Waals surface area contributed by atoms with Crippen LogP contribution < -0.4 is 5.73 Å². The molecular weight excluding hydrogens is 226 g/mol. The van der Waals surface area contributed by atoms with Crippen molar-refractivity contribution in [3.8, 4) is 0 Å². The average Bonchev–Trinajstić information content (AvgIpc) is 2.34.